The molecule has 0 spiro atoms. The fourth-order valence-corrected chi connectivity index (χ4v) is 3.52. The molecular formula is C25H24N4O2. The minimum Gasteiger partial charge on any atom is -0.420 e. The first-order valence-corrected chi connectivity index (χ1v) is 10.3. The van der Waals surface area contributed by atoms with Crippen LogP contribution in [-0.2, 0) is 0 Å². The highest BCUT2D eigenvalue weighted by atomic mass is 16.4. The number of carbonyl (C=O) groups is 1. The van der Waals surface area contributed by atoms with Gasteiger partial charge in [0, 0.05) is 37.8 Å². The monoisotopic (exact) mass is 412 g/mol. The molecule has 31 heavy (non-hydrogen) atoms. The molecule has 4 rings (SSSR count). The molecular weight excluding hydrogens is 388 g/mol. The normalized spacial score (nSPS) is 14.1. The number of nitriles is 1. The van der Waals surface area contributed by atoms with Gasteiger partial charge in [-0.15, -0.1) is 0 Å². The lowest BCUT2D eigenvalue weighted by Gasteiger charge is -2.34. The third kappa shape index (κ3) is 4.67. The van der Waals surface area contributed by atoms with E-state index in [2.05, 4.69) is 11.1 Å². The van der Waals surface area contributed by atoms with E-state index >= 15 is 0 Å². The molecule has 0 atom stereocenters. The number of rotatable bonds is 4. The zero-order chi connectivity index (χ0) is 21.8. The van der Waals surface area contributed by atoms with Crippen molar-refractivity contribution in [2.45, 2.75) is 13.8 Å². The number of aryl methyl sites for hydroxylation is 2. The Bertz CT molecular complexity index is 1130. The van der Waals surface area contributed by atoms with Gasteiger partial charge in [-0.25, -0.2) is 0 Å². The third-order valence-corrected chi connectivity index (χ3v) is 5.38. The van der Waals surface area contributed by atoms with Gasteiger partial charge in [0.25, 0.3) is 5.91 Å². The molecule has 1 saturated heterocycles. The highest BCUT2D eigenvalue weighted by molar-refractivity contribution is 5.94. The van der Waals surface area contributed by atoms with Crippen LogP contribution in [0.1, 0.15) is 38.6 Å². The second-order valence-corrected chi connectivity index (χ2v) is 7.71. The Hall–Kier alpha value is -3.85. The summed E-state index contributed by atoms with van der Waals surface area (Å²) in [4.78, 5) is 20.9. The molecule has 6 nitrogen and oxygen atoms in total. The summed E-state index contributed by atoms with van der Waals surface area (Å²) in [6, 6.07) is 17.9. The number of hydrogen-bond donors (Lipinski definition) is 0. The Labute approximate surface area is 182 Å². The number of aromatic nitrogens is 1. The highest BCUT2D eigenvalue weighted by Crippen LogP contribution is 2.24. The maximum atomic E-state index is 12.7. The Morgan fingerprint density at radius 3 is 2.19 bits per heavy atom. The number of hydrogen-bond acceptors (Lipinski definition) is 5. The van der Waals surface area contributed by atoms with Gasteiger partial charge in [0.05, 0.1) is 0 Å². The summed E-state index contributed by atoms with van der Waals surface area (Å²) in [5, 5.41) is 9.50. The summed E-state index contributed by atoms with van der Waals surface area (Å²) in [6.45, 7) is 6.34. The van der Waals surface area contributed by atoms with Crippen LogP contribution in [0.3, 0.4) is 0 Å². The summed E-state index contributed by atoms with van der Waals surface area (Å²) in [5.41, 5.74) is 4.32. The zero-order valence-electron chi connectivity index (χ0n) is 17.7. The average molecular weight is 412 g/mol. The zero-order valence-corrected chi connectivity index (χ0v) is 17.7. The Kier molecular flexibility index (Phi) is 5.85. The van der Waals surface area contributed by atoms with Crippen LogP contribution in [0.15, 0.2) is 52.9 Å². The van der Waals surface area contributed by atoms with Gasteiger partial charge in [0.15, 0.2) is 0 Å². The van der Waals surface area contributed by atoms with Crippen molar-refractivity contribution in [3.8, 4) is 6.07 Å². The minimum absolute atomic E-state index is 0.0273. The average Bonchev–Trinajstić information content (AvgIpc) is 3.22. The van der Waals surface area contributed by atoms with Gasteiger partial charge in [-0.2, -0.15) is 10.2 Å². The van der Waals surface area contributed by atoms with Crippen LogP contribution in [-0.4, -0.2) is 42.0 Å². The topological polar surface area (TPSA) is 73.4 Å². The molecule has 1 fully saturated rings. The standard InChI is InChI=1S/C25H24N4O2/c1-18-3-7-20(8-4-18)9-12-23-27-22(17-26)25(31-23)29-15-13-28(14-16-29)24(30)21-10-5-19(2)6-11-21/h3-12H,13-16H2,1-2H3. The van der Waals surface area contributed by atoms with Gasteiger partial charge in [-0.1, -0.05) is 47.5 Å². The molecule has 1 aliphatic rings. The number of amides is 1. The predicted molar refractivity (Wildman–Crippen MR) is 121 cm³/mol. The number of anilines is 1. The molecule has 0 radical (unpaired) electrons. The van der Waals surface area contributed by atoms with Crippen molar-refractivity contribution in [2.24, 2.45) is 0 Å². The van der Waals surface area contributed by atoms with E-state index in [0.29, 0.717) is 43.5 Å². The molecule has 3 aromatic rings. The molecule has 1 aromatic heterocycles. The third-order valence-electron chi connectivity index (χ3n) is 5.38. The van der Waals surface area contributed by atoms with E-state index in [4.69, 9.17) is 4.42 Å². The number of oxazole rings is 1. The number of carbonyl (C=O) groups excluding carboxylic acids is 1. The molecule has 0 N–H and O–H groups in total. The van der Waals surface area contributed by atoms with Crippen molar-refractivity contribution in [3.05, 3.63) is 82.4 Å². The van der Waals surface area contributed by atoms with Crippen molar-refractivity contribution in [1.29, 1.82) is 5.26 Å². The van der Waals surface area contributed by atoms with E-state index in [0.717, 1.165) is 11.1 Å². The van der Waals surface area contributed by atoms with Gasteiger partial charge >= 0.3 is 0 Å². The smallest absolute Gasteiger partial charge is 0.253 e. The highest BCUT2D eigenvalue weighted by Gasteiger charge is 2.26. The number of nitrogens with zero attached hydrogens (tertiary/aromatic N) is 4. The summed E-state index contributed by atoms with van der Waals surface area (Å²) >= 11 is 0. The van der Waals surface area contributed by atoms with E-state index in [1.54, 1.807) is 6.08 Å². The molecule has 2 heterocycles. The van der Waals surface area contributed by atoms with Crippen LogP contribution in [0, 0.1) is 25.2 Å². The molecule has 156 valence electrons. The van der Waals surface area contributed by atoms with Crippen molar-refractivity contribution in [1.82, 2.24) is 9.88 Å². The van der Waals surface area contributed by atoms with E-state index in [-0.39, 0.29) is 11.6 Å². The SMILES string of the molecule is Cc1ccc(C=Cc2nc(C#N)c(N3CCN(C(=O)c4ccc(C)cc4)CC3)o2)cc1. The minimum atomic E-state index is 0.0273. The largest absolute Gasteiger partial charge is 0.420 e. The first-order chi connectivity index (χ1) is 15.0. The maximum absolute atomic E-state index is 12.7. The second-order valence-electron chi connectivity index (χ2n) is 7.71. The molecule has 1 amide bonds. The van der Waals surface area contributed by atoms with Gasteiger partial charge in [-0.05, 0) is 37.6 Å². The molecule has 1 aliphatic heterocycles. The Morgan fingerprint density at radius 2 is 1.58 bits per heavy atom. The first kappa shape index (κ1) is 20.4. The number of benzene rings is 2. The fraction of sp³-hybridized carbons (Fsp3) is 0.240. The van der Waals surface area contributed by atoms with Crippen molar-refractivity contribution >= 4 is 23.9 Å². The molecule has 0 aliphatic carbocycles. The summed E-state index contributed by atoms with van der Waals surface area (Å²) in [6.07, 6.45) is 3.68. The summed E-state index contributed by atoms with van der Waals surface area (Å²) in [5.74, 6) is 0.887. The van der Waals surface area contributed by atoms with Crippen molar-refractivity contribution in [3.63, 3.8) is 0 Å². The number of piperazine rings is 1. The second kappa shape index (κ2) is 8.88. The van der Waals surface area contributed by atoms with Crippen LogP contribution in [0.25, 0.3) is 12.2 Å². The van der Waals surface area contributed by atoms with E-state index in [9.17, 15) is 10.1 Å². The van der Waals surface area contributed by atoms with Crippen LogP contribution >= 0.6 is 0 Å². The van der Waals surface area contributed by atoms with Crippen LogP contribution in [0.5, 0.6) is 0 Å². The van der Waals surface area contributed by atoms with Gasteiger partial charge in [0.2, 0.25) is 17.5 Å². The van der Waals surface area contributed by atoms with E-state index in [1.807, 2.05) is 78.3 Å². The van der Waals surface area contributed by atoms with Crippen molar-refractivity contribution < 1.29 is 9.21 Å². The predicted octanol–water partition coefficient (Wildman–Crippen LogP) is 4.30. The van der Waals surface area contributed by atoms with Gasteiger partial charge in [-0.3, -0.25) is 4.79 Å². The lowest BCUT2D eigenvalue weighted by Crippen LogP contribution is -2.48. The maximum Gasteiger partial charge on any atom is 0.253 e. The van der Waals surface area contributed by atoms with E-state index in [1.165, 1.54) is 5.56 Å². The first-order valence-electron chi connectivity index (χ1n) is 10.3. The lowest BCUT2D eigenvalue weighted by atomic mass is 10.1. The fourth-order valence-electron chi connectivity index (χ4n) is 3.52. The molecule has 2 aromatic carbocycles. The quantitative estimate of drug-likeness (QED) is 0.639. The van der Waals surface area contributed by atoms with Gasteiger partial charge < -0.3 is 14.2 Å². The molecule has 0 saturated carbocycles. The lowest BCUT2D eigenvalue weighted by molar-refractivity contribution is 0.0745. The molecule has 6 heteroatoms. The van der Waals surface area contributed by atoms with E-state index < -0.39 is 0 Å². The van der Waals surface area contributed by atoms with Crippen LogP contribution in [0.4, 0.5) is 5.88 Å². The molecule has 0 unspecified atom stereocenters. The van der Waals surface area contributed by atoms with Crippen LogP contribution in [0.2, 0.25) is 0 Å². The molecule has 0 bridgehead atoms. The Balaban J connectivity index is 1.43. The summed E-state index contributed by atoms with van der Waals surface area (Å²) in [7, 11) is 0. The Morgan fingerprint density at radius 1 is 0.968 bits per heavy atom. The van der Waals surface area contributed by atoms with Gasteiger partial charge in [0.1, 0.15) is 6.07 Å². The van der Waals surface area contributed by atoms with Crippen molar-refractivity contribution in [2.75, 3.05) is 31.1 Å². The van der Waals surface area contributed by atoms with Crippen LogP contribution < -0.4 is 4.90 Å². The summed E-state index contributed by atoms with van der Waals surface area (Å²) < 4.78 is 5.89.